The fourth-order valence-corrected chi connectivity index (χ4v) is 5.34. The van der Waals surface area contributed by atoms with Gasteiger partial charge in [0.2, 0.25) is 0 Å². The molecule has 5 aliphatic heterocycles. The Morgan fingerprint density at radius 2 is 2.27 bits per heavy atom. The summed E-state index contributed by atoms with van der Waals surface area (Å²) in [5.41, 5.74) is 2.26. The van der Waals surface area contributed by atoms with Crippen LogP contribution >= 0.6 is 0 Å². The summed E-state index contributed by atoms with van der Waals surface area (Å²) in [5.74, 6) is 1.52. The van der Waals surface area contributed by atoms with Crippen LogP contribution in [0, 0.1) is 5.92 Å². The summed E-state index contributed by atoms with van der Waals surface area (Å²) >= 11 is 0. The van der Waals surface area contributed by atoms with E-state index in [-0.39, 0.29) is 18.5 Å². The topological polar surface area (TPSA) is 43.8 Å². The summed E-state index contributed by atoms with van der Waals surface area (Å²) < 4.78 is 17.5. The highest BCUT2D eigenvalue weighted by molar-refractivity contribution is 5.84. The molecule has 5 heteroatoms. The molecule has 26 heavy (non-hydrogen) atoms. The molecule has 1 unspecified atom stereocenters. The van der Waals surface area contributed by atoms with Crippen molar-refractivity contribution in [2.24, 2.45) is 5.92 Å². The van der Waals surface area contributed by atoms with Crippen LogP contribution in [0.2, 0.25) is 0 Å². The lowest BCUT2D eigenvalue weighted by atomic mass is 9.66. The van der Waals surface area contributed by atoms with Gasteiger partial charge in [-0.25, -0.2) is 0 Å². The van der Waals surface area contributed by atoms with Gasteiger partial charge in [-0.05, 0) is 61.6 Å². The second-order valence-electron chi connectivity index (χ2n) is 7.85. The molecule has 1 aromatic heterocycles. The minimum absolute atomic E-state index is 0.0252. The Morgan fingerprint density at radius 1 is 1.35 bits per heavy atom. The molecule has 5 atom stereocenters. The summed E-state index contributed by atoms with van der Waals surface area (Å²) in [6.45, 7) is 4.83. The number of piperidine rings is 3. The predicted molar refractivity (Wildman–Crippen MR) is 99.2 cm³/mol. The van der Waals surface area contributed by atoms with Crippen molar-refractivity contribution in [2.45, 2.75) is 43.9 Å². The Balaban J connectivity index is 1.56. The maximum Gasteiger partial charge on any atom is 0.188 e. The first kappa shape index (κ1) is 16.5. The van der Waals surface area contributed by atoms with Crippen molar-refractivity contribution in [2.75, 3.05) is 27.0 Å². The summed E-state index contributed by atoms with van der Waals surface area (Å²) in [6.07, 6.45) is 5.64. The maximum absolute atomic E-state index is 6.84. The molecule has 0 amide bonds. The third kappa shape index (κ3) is 2.38. The number of nitrogens with zero attached hydrogens (tertiary/aromatic N) is 2. The van der Waals surface area contributed by atoms with Gasteiger partial charge in [0, 0.05) is 31.3 Å². The first-order valence-corrected chi connectivity index (χ1v) is 9.66. The first-order chi connectivity index (χ1) is 12.7. The number of ether oxygens (including phenoxy) is 3. The summed E-state index contributed by atoms with van der Waals surface area (Å²) in [4.78, 5) is 7.21. The lowest BCUT2D eigenvalue weighted by Crippen LogP contribution is -2.70. The van der Waals surface area contributed by atoms with Crippen LogP contribution in [0.5, 0.6) is 5.75 Å². The van der Waals surface area contributed by atoms with E-state index in [1.807, 2.05) is 18.3 Å². The Morgan fingerprint density at radius 3 is 3.04 bits per heavy atom. The molecular formula is C21H26N2O3. The van der Waals surface area contributed by atoms with Crippen LogP contribution in [0.25, 0.3) is 10.9 Å². The number of pyridine rings is 1. The van der Waals surface area contributed by atoms with Crippen molar-refractivity contribution in [3.8, 4) is 5.75 Å². The summed E-state index contributed by atoms with van der Waals surface area (Å²) in [7, 11) is 1.63. The summed E-state index contributed by atoms with van der Waals surface area (Å²) in [5, 5.41) is 1.13. The van der Waals surface area contributed by atoms with Gasteiger partial charge in [-0.3, -0.25) is 9.88 Å². The first-order valence-electron chi connectivity index (χ1n) is 9.66. The van der Waals surface area contributed by atoms with Crippen molar-refractivity contribution in [3.05, 3.63) is 36.0 Å². The monoisotopic (exact) mass is 354 g/mol. The third-order valence-electron chi connectivity index (χ3n) is 6.68. The zero-order valence-electron chi connectivity index (χ0n) is 15.5. The number of fused-ring (bicyclic) bond motifs is 3. The number of benzene rings is 1. The van der Waals surface area contributed by atoms with E-state index in [1.54, 1.807) is 7.11 Å². The zero-order valence-corrected chi connectivity index (χ0v) is 15.5. The number of rotatable bonds is 5. The molecule has 2 aromatic rings. The fraction of sp³-hybridized carbons (Fsp3) is 0.571. The molecule has 5 nitrogen and oxygen atoms in total. The normalized spacial score (nSPS) is 35.2. The van der Waals surface area contributed by atoms with Gasteiger partial charge in [-0.15, -0.1) is 0 Å². The Hall–Kier alpha value is -1.69. The lowest BCUT2D eigenvalue weighted by Gasteiger charge is -2.64. The number of hydrogen-bond donors (Lipinski definition) is 0. The highest BCUT2D eigenvalue weighted by Crippen LogP contribution is 2.54. The van der Waals surface area contributed by atoms with Gasteiger partial charge in [-0.2, -0.15) is 0 Å². The van der Waals surface area contributed by atoms with Gasteiger partial charge in [0.05, 0.1) is 17.2 Å². The quantitative estimate of drug-likeness (QED) is 0.769. The van der Waals surface area contributed by atoms with Gasteiger partial charge in [-0.1, -0.05) is 6.92 Å². The van der Waals surface area contributed by atoms with Crippen molar-refractivity contribution in [1.29, 1.82) is 0 Å². The van der Waals surface area contributed by atoms with E-state index in [1.165, 1.54) is 24.9 Å². The predicted octanol–water partition coefficient (Wildman–Crippen LogP) is 3.53. The van der Waals surface area contributed by atoms with Crippen molar-refractivity contribution >= 4 is 10.9 Å². The number of aromatic nitrogens is 1. The molecular weight excluding hydrogens is 328 g/mol. The number of hydrogen-bond acceptors (Lipinski definition) is 5. The maximum atomic E-state index is 6.84. The summed E-state index contributed by atoms with van der Waals surface area (Å²) in [6, 6.07) is 8.66. The molecule has 0 spiro atoms. The van der Waals surface area contributed by atoms with E-state index in [0.29, 0.717) is 12.0 Å². The Bertz CT molecular complexity index is 826. The van der Waals surface area contributed by atoms with Crippen molar-refractivity contribution in [3.63, 3.8) is 0 Å². The van der Waals surface area contributed by atoms with E-state index in [4.69, 9.17) is 14.2 Å². The molecule has 0 radical (unpaired) electrons. The van der Waals surface area contributed by atoms with Gasteiger partial charge in [0.15, 0.2) is 6.79 Å². The molecule has 0 saturated carbocycles. The standard InChI is InChI=1S/C21H26N2O3/c1-3-21-12-23-9-7-14(21)10-19(23)20(26-21)16-6-8-22-18-5-4-15(11-17(16)18)25-13-24-2/h4-6,8,11,14,19-20H,3,7,9-10,12-13H2,1-2H3/t14-,19+,20-,21-/m0/s1. The second kappa shape index (κ2) is 6.19. The number of methoxy groups -OCH3 is 1. The van der Waals surface area contributed by atoms with Crippen LogP contribution in [0.3, 0.4) is 0 Å². The van der Waals surface area contributed by atoms with Crippen LogP contribution in [0.1, 0.15) is 37.9 Å². The molecule has 5 saturated heterocycles. The molecule has 5 fully saturated rings. The second-order valence-corrected chi connectivity index (χ2v) is 7.85. The van der Waals surface area contributed by atoms with Gasteiger partial charge in [0.1, 0.15) is 5.75 Å². The van der Waals surface area contributed by atoms with Crippen molar-refractivity contribution < 1.29 is 14.2 Å². The molecule has 0 N–H and O–H groups in total. The van der Waals surface area contributed by atoms with Crippen molar-refractivity contribution in [1.82, 2.24) is 9.88 Å². The van der Waals surface area contributed by atoms with E-state index >= 15 is 0 Å². The van der Waals surface area contributed by atoms with Gasteiger partial charge in [0.25, 0.3) is 0 Å². The lowest BCUT2D eigenvalue weighted by molar-refractivity contribution is -0.274. The average Bonchev–Trinajstić information content (AvgIpc) is 2.71. The Kier molecular flexibility index (Phi) is 3.92. The fourth-order valence-electron chi connectivity index (χ4n) is 5.34. The van der Waals surface area contributed by atoms with E-state index < -0.39 is 0 Å². The third-order valence-corrected chi connectivity index (χ3v) is 6.68. The van der Waals surface area contributed by atoms with E-state index in [9.17, 15) is 0 Å². The smallest absolute Gasteiger partial charge is 0.188 e. The molecule has 7 rings (SSSR count). The molecule has 6 heterocycles. The van der Waals surface area contributed by atoms with Crippen LogP contribution in [0.15, 0.2) is 30.5 Å². The van der Waals surface area contributed by atoms with Crippen LogP contribution < -0.4 is 4.74 Å². The number of morpholine rings is 1. The minimum Gasteiger partial charge on any atom is -0.468 e. The Labute approximate surface area is 154 Å². The largest absolute Gasteiger partial charge is 0.468 e. The van der Waals surface area contributed by atoms with Crippen LogP contribution in [-0.2, 0) is 9.47 Å². The zero-order chi connectivity index (χ0) is 17.7. The van der Waals surface area contributed by atoms with Crippen LogP contribution in [-0.4, -0.2) is 48.5 Å². The average molecular weight is 354 g/mol. The molecule has 138 valence electrons. The van der Waals surface area contributed by atoms with E-state index in [2.05, 4.69) is 28.9 Å². The minimum atomic E-state index is 0.0252. The molecule has 0 aliphatic carbocycles. The van der Waals surface area contributed by atoms with Crippen LogP contribution in [0.4, 0.5) is 0 Å². The van der Waals surface area contributed by atoms with E-state index in [0.717, 1.165) is 29.6 Å². The molecule has 4 bridgehead atoms. The molecule has 1 aromatic carbocycles. The highest BCUT2D eigenvalue weighted by atomic mass is 16.7. The SMILES string of the molecule is CC[C@]12CN3CC[C@H]1C[C@@H]3[C@H](c1ccnc3ccc(OCOC)cc13)O2. The van der Waals surface area contributed by atoms with Gasteiger partial charge >= 0.3 is 0 Å². The molecule has 5 aliphatic rings. The van der Waals surface area contributed by atoms with Gasteiger partial charge < -0.3 is 14.2 Å². The highest BCUT2D eigenvalue weighted by Gasteiger charge is 2.58.